The quantitative estimate of drug-likeness (QED) is 0.496. The Bertz CT molecular complexity index is 869. The van der Waals surface area contributed by atoms with E-state index < -0.39 is 12.4 Å². The van der Waals surface area contributed by atoms with E-state index in [1.165, 1.54) is 5.56 Å². The van der Waals surface area contributed by atoms with Crippen molar-refractivity contribution in [3.63, 3.8) is 0 Å². The zero-order chi connectivity index (χ0) is 21.1. The lowest BCUT2D eigenvalue weighted by Crippen LogP contribution is -2.66. The molecule has 2 fully saturated rings. The number of fused-ring (bicyclic) bond motifs is 1. The number of H-pyrrole nitrogens is 1. The molecule has 1 spiro atoms. The molecule has 0 saturated carbocycles. The van der Waals surface area contributed by atoms with Gasteiger partial charge in [0.15, 0.2) is 0 Å². The van der Waals surface area contributed by atoms with Gasteiger partial charge in [-0.1, -0.05) is 6.07 Å². The molecule has 2 aliphatic heterocycles. The van der Waals surface area contributed by atoms with Gasteiger partial charge in [-0.25, -0.2) is 4.79 Å². The van der Waals surface area contributed by atoms with Crippen molar-refractivity contribution in [2.45, 2.75) is 19.6 Å². The molecule has 1 atom stereocenters. The lowest BCUT2D eigenvalue weighted by Gasteiger charge is -2.55. The van der Waals surface area contributed by atoms with E-state index in [0.717, 1.165) is 50.2 Å². The smallest absolute Gasteiger partial charge is 0.454 e. The second-order valence-electron chi connectivity index (χ2n) is 8.65. The van der Waals surface area contributed by atoms with Crippen LogP contribution in [0, 0.1) is 5.41 Å². The molecule has 8 heteroatoms. The van der Waals surface area contributed by atoms with Gasteiger partial charge in [-0.3, -0.25) is 4.90 Å². The molecule has 1 aromatic heterocycles. The first kappa shape index (κ1) is 21.0. The topological polar surface area (TPSA) is 76.3 Å². The molecule has 1 aromatic carbocycles. The zero-order valence-electron chi connectivity index (χ0n) is 18.0. The number of rotatable bonds is 9. The SMILES string of the molecule is CC(OC(=O)OCCN1CC2(COC2)C1)Oc1cccc2[nH]cc(CCN(C)C)c12. The van der Waals surface area contributed by atoms with Crippen LogP contribution in [0.15, 0.2) is 24.4 Å². The molecule has 1 unspecified atom stereocenters. The van der Waals surface area contributed by atoms with Crippen LogP contribution < -0.4 is 4.74 Å². The zero-order valence-corrected chi connectivity index (χ0v) is 18.0. The minimum Gasteiger partial charge on any atom is -0.454 e. The number of ether oxygens (including phenoxy) is 4. The molecule has 0 radical (unpaired) electrons. The Hall–Kier alpha value is -2.29. The van der Waals surface area contributed by atoms with Gasteiger partial charge in [-0.05, 0) is 38.2 Å². The van der Waals surface area contributed by atoms with Crippen LogP contribution in [0.25, 0.3) is 10.9 Å². The van der Waals surface area contributed by atoms with Crippen LogP contribution in [0.2, 0.25) is 0 Å². The maximum atomic E-state index is 12.0. The molecule has 164 valence electrons. The fourth-order valence-corrected chi connectivity index (χ4v) is 4.12. The highest BCUT2D eigenvalue weighted by molar-refractivity contribution is 5.89. The van der Waals surface area contributed by atoms with Gasteiger partial charge in [0, 0.05) is 55.6 Å². The predicted molar refractivity (Wildman–Crippen MR) is 113 cm³/mol. The van der Waals surface area contributed by atoms with Crippen LogP contribution in [0.3, 0.4) is 0 Å². The van der Waals surface area contributed by atoms with Gasteiger partial charge in [0.2, 0.25) is 6.29 Å². The summed E-state index contributed by atoms with van der Waals surface area (Å²) in [5.74, 6) is 0.691. The molecule has 4 rings (SSSR count). The molecule has 1 N–H and O–H groups in total. The fraction of sp³-hybridized carbons (Fsp3) is 0.591. The van der Waals surface area contributed by atoms with E-state index in [2.05, 4.69) is 28.9 Å². The third-order valence-electron chi connectivity index (χ3n) is 5.69. The summed E-state index contributed by atoms with van der Waals surface area (Å²) in [7, 11) is 4.10. The molecule has 8 nitrogen and oxygen atoms in total. The largest absolute Gasteiger partial charge is 0.511 e. The highest BCUT2D eigenvalue weighted by Gasteiger charge is 2.48. The number of carbonyl (C=O) groups excluding carboxylic acids is 1. The second kappa shape index (κ2) is 8.83. The first-order chi connectivity index (χ1) is 14.4. The van der Waals surface area contributed by atoms with E-state index in [9.17, 15) is 4.79 Å². The molecule has 2 aliphatic rings. The van der Waals surface area contributed by atoms with Crippen molar-refractivity contribution in [2.24, 2.45) is 5.41 Å². The lowest BCUT2D eigenvalue weighted by atomic mass is 9.78. The number of hydrogen-bond acceptors (Lipinski definition) is 7. The lowest BCUT2D eigenvalue weighted by molar-refractivity contribution is -0.190. The van der Waals surface area contributed by atoms with Crippen molar-refractivity contribution >= 4 is 17.1 Å². The summed E-state index contributed by atoms with van der Waals surface area (Å²) in [6.07, 6.45) is 1.45. The average Bonchev–Trinajstić information content (AvgIpc) is 3.04. The van der Waals surface area contributed by atoms with Crippen molar-refractivity contribution in [1.82, 2.24) is 14.8 Å². The second-order valence-corrected chi connectivity index (χ2v) is 8.65. The van der Waals surface area contributed by atoms with Crippen LogP contribution in [0.5, 0.6) is 5.75 Å². The first-order valence-corrected chi connectivity index (χ1v) is 10.5. The summed E-state index contributed by atoms with van der Waals surface area (Å²) < 4.78 is 21.7. The van der Waals surface area contributed by atoms with E-state index in [-0.39, 0.29) is 0 Å². The molecule has 0 aliphatic carbocycles. The Kier molecular flexibility index (Phi) is 6.17. The number of nitrogens with one attached hydrogen (secondary N) is 1. The van der Waals surface area contributed by atoms with E-state index in [0.29, 0.717) is 24.3 Å². The van der Waals surface area contributed by atoms with Gasteiger partial charge in [-0.15, -0.1) is 0 Å². The Morgan fingerprint density at radius 2 is 2.13 bits per heavy atom. The van der Waals surface area contributed by atoms with Crippen molar-refractivity contribution in [3.8, 4) is 5.75 Å². The number of benzene rings is 1. The Labute approximate surface area is 177 Å². The van der Waals surface area contributed by atoms with Crippen LogP contribution in [-0.4, -0.2) is 87.3 Å². The molecule has 3 heterocycles. The van der Waals surface area contributed by atoms with Gasteiger partial charge < -0.3 is 28.8 Å². The average molecular weight is 418 g/mol. The molecular weight excluding hydrogens is 386 g/mol. The van der Waals surface area contributed by atoms with Crippen molar-refractivity contribution in [2.75, 3.05) is 60.1 Å². The maximum Gasteiger partial charge on any atom is 0.511 e. The minimum atomic E-state index is -0.751. The van der Waals surface area contributed by atoms with Crippen molar-refractivity contribution in [1.29, 1.82) is 0 Å². The normalized spacial score (nSPS) is 18.8. The van der Waals surface area contributed by atoms with Gasteiger partial charge in [0.1, 0.15) is 12.4 Å². The minimum absolute atomic E-state index is 0.310. The fourth-order valence-electron chi connectivity index (χ4n) is 4.12. The molecule has 0 bridgehead atoms. The van der Waals surface area contributed by atoms with Gasteiger partial charge in [0.05, 0.1) is 13.2 Å². The third-order valence-corrected chi connectivity index (χ3v) is 5.69. The van der Waals surface area contributed by atoms with Crippen LogP contribution >= 0.6 is 0 Å². The molecule has 2 aromatic rings. The van der Waals surface area contributed by atoms with Crippen LogP contribution in [0.1, 0.15) is 12.5 Å². The molecular formula is C22H31N3O5. The van der Waals surface area contributed by atoms with Crippen molar-refractivity contribution in [3.05, 3.63) is 30.0 Å². The Morgan fingerprint density at radius 3 is 2.83 bits per heavy atom. The number of aromatic amines is 1. The number of nitrogens with zero attached hydrogens (tertiary/aromatic N) is 2. The van der Waals surface area contributed by atoms with E-state index in [1.807, 2.05) is 24.4 Å². The number of hydrogen-bond donors (Lipinski definition) is 1. The standard InChI is InChI=1S/C22H31N3O5/c1-16(30-21(26)28-10-9-25-12-22(13-25)14-27-15-22)29-19-6-4-5-18-20(19)17(11-23-18)7-8-24(2)3/h4-6,11,16,23H,7-10,12-15H2,1-3H3. The van der Waals surface area contributed by atoms with Crippen LogP contribution in [0.4, 0.5) is 4.79 Å². The predicted octanol–water partition coefficient (Wildman–Crippen LogP) is 2.48. The van der Waals surface area contributed by atoms with Gasteiger partial charge in [-0.2, -0.15) is 0 Å². The molecule has 30 heavy (non-hydrogen) atoms. The highest BCUT2D eigenvalue weighted by atomic mass is 16.8. The van der Waals surface area contributed by atoms with Gasteiger partial charge in [0.25, 0.3) is 0 Å². The summed E-state index contributed by atoms with van der Waals surface area (Å²) >= 11 is 0. The summed E-state index contributed by atoms with van der Waals surface area (Å²) in [6.45, 7) is 7.39. The van der Waals surface area contributed by atoms with E-state index >= 15 is 0 Å². The number of likely N-dealkylation sites (tertiary alicyclic amines) is 1. The molecule has 2 saturated heterocycles. The van der Waals surface area contributed by atoms with E-state index in [1.54, 1.807) is 6.92 Å². The number of likely N-dealkylation sites (N-methyl/N-ethyl adjacent to an activating group) is 1. The summed E-state index contributed by atoms with van der Waals surface area (Å²) in [5, 5.41) is 1.02. The summed E-state index contributed by atoms with van der Waals surface area (Å²) in [5.41, 5.74) is 2.54. The highest BCUT2D eigenvalue weighted by Crippen LogP contribution is 2.37. The third kappa shape index (κ3) is 4.71. The summed E-state index contributed by atoms with van der Waals surface area (Å²) in [6, 6.07) is 5.82. The van der Waals surface area contributed by atoms with Gasteiger partial charge >= 0.3 is 6.16 Å². The maximum absolute atomic E-state index is 12.0. The molecule has 0 amide bonds. The number of carbonyl (C=O) groups is 1. The monoisotopic (exact) mass is 417 g/mol. The van der Waals surface area contributed by atoms with Crippen LogP contribution in [-0.2, 0) is 20.6 Å². The van der Waals surface area contributed by atoms with E-state index in [4.69, 9.17) is 18.9 Å². The number of aromatic nitrogens is 1. The first-order valence-electron chi connectivity index (χ1n) is 10.5. The Morgan fingerprint density at radius 1 is 1.33 bits per heavy atom. The van der Waals surface area contributed by atoms with Crippen molar-refractivity contribution < 1.29 is 23.7 Å². The summed E-state index contributed by atoms with van der Waals surface area (Å²) in [4.78, 5) is 19.7. The Balaban J connectivity index is 1.25.